The zero-order valence-electron chi connectivity index (χ0n) is 9.21. The van der Waals surface area contributed by atoms with E-state index < -0.39 is 17.2 Å². The van der Waals surface area contributed by atoms with Crippen molar-refractivity contribution >= 4 is 11.7 Å². The second-order valence-corrected chi connectivity index (χ2v) is 3.53. The number of carbonyl (C=O) groups excluding carboxylic acids is 2. The maximum atomic E-state index is 12.0. The number of nitrogens with zero attached hydrogens (tertiary/aromatic N) is 1. The van der Waals surface area contributed by atoms with E-state index in [1.807, 2.05) is 0 Å². The number of carbonyl (C=O) groups is 2. The summed E-state index contributed by atoms with van der Waals surface area (Å²) in [6, 6.07) is 8.41. The van der Waals surface area contributed by atoms with Crippen LogP contribution >= 0.6 is 0 Å². The van der Waals surface area contributed by atoms with Gasteiger partial charge in [0.1, 0.15) is 5.69 Å². The summed E-state index contributed by atoms with van der Waals surface area (Å²) in [7, 11) is 0. The highest BCUT2D eigenvalue weighted by Gasteiger charge is 2.13. The normalized spacial score (nSPS) is 10.0. The summed E-state index contributed by atoms with van der Waals surface area (Å²) in [5.74, 6) is -1.31. The highest BCUT2D eigenvalue weighted by Crippen LogP contribution is 2.05. The molecule has 1 amide bonds. The SMILES string of the molecule is NC(=O)c1ncc(C(=O)c2ccccc2)[nH]c1=O. The lowest BCUT2D eigenvalue weighted by Crippen LogP contribution is -2.27. The predicted molar refractivity (Wildman–Crippen MR) is 63.3 cm³/mol. The Labute approximate surface area is 101 Å². The van der Waals surface area contributed by atoms with Gasteiger partial charge in [0.05, 0.1) is 6.20 Å². The summed E-state index contributed by atoms with van der Waals surface area (Å²) in [6.45, 7) is 0. The first kappa shape index (κ1) is 11.7. The number of hydrogen-bond donors (Lipinski definition) is 2. The lowest BCUT2D eigenvalue weighted by Gasteiger charge is -2.01. The van der Waals surface area contributed by atoms with Crippen molar-refractivity contribution in [2.75, 3.05) is 0 Å². The van der Waals surface area contributed by atoms with Gasteiger partial charge >= 0.3 is 0 Å². The fraction of sp³-hybridized carbons (Fsp3) is 0. The van der Waals surface area contributed by atoms with E-state index in [2.05, 4.69) is 9.97 Å². The topological polar surface area (TPSA) is 106 Å². The lowest BCUT2D eigenvalue weighted by atomic mass is 10.1. The zero-order valence-corrected chi connectivity index (χ0v) is 9.21. The highest BCUT2D eigenvalue weighted by atomic mass is 16.2. The summed E-state index contributed by atoms with van der Waals surface area (Å²) < 4.78 is 0. The van der Waals surface area contributed by atoms with Crippen molar-refractivity contribution in [3.63, 3.8) is 0 Å². The van der Waals surface area contributed by atoms with Gasteiger partial charge in [-0.3, -0.25) is 14.4 Å². The molecule has 0 aliphatic heterocycles. The van der Waals surface area contributed by atoms with Gasteiger partial charge in [0.15, 0.2) is 5.69 Å². The Hall–Kier alpha value is -2.76. The van der Waals surface area contributed by atoms with Crippen LogP contribution in [0, 0.1) is 0 Å². The van der Waals surface area contributed by atoms with E-state index >= 15 is 0 Å². The number of nitrogens with two attached hydrogens (primary N) is 1. The Morgan fingerprint density at radius 3 is 2.39 bits per heavy atom. The van der Waals surface area contributed by atoms with Crippen LogP contribution in [0.5, 0.6) is 0 Å². The van der Waals surface area contributed by atoms with Crippen LogP contribution in [0.1, 0.15) is 26.5 Å². The summed E-state index contributed by atoms with van der Waals surface area (Å²) in [5.41, 5.74) is 4.18. The van der Waals surface area contributed by atoms with Crippen molar-refractivity contribution in [3.05, 3.63) is 63.8 Å². The molecule has 0 saturated carbocycles. The van der Waals surface area contributed by atoms with Gasteiger partial charge in [-0.05, 0) is 0 Å². The maximum Gasteiger partial charge on any atom is 0.280 e. The number of ketones is 1. The van der Waals surface area contributed by atoms with Crippen molar-refractivity contribution in [2.24, 2.45) is 5.73 Å². The van der Waals surface area contributed by atoms with Crippen molar-refractivity contribution in [1.82, 2.24) is 9.97 Å². The number of nitrogens with one attached hydrogen (secondary N) is 1. The van der Waals surface area contributed by atoms with E-state index in [4.69, 9.17) is 5.73 Å². The number of H-pyrrole nitrogens is 1. The molecule has 0 spiro atoms. The van der Waals surface area contributed by atoms with Gasteiger partial charge < -0.3 is 10.7 Å². The average molecular weight is 243 g/mol. The molecule has 18 heavy (non-hydrogen) atoms. The van der Waals surface area contributed by atoms with Gasteiger partial charge in [-0.25, -0.2) is 4.98 Å². The lowest BCUT2D eigenvalue weighted by molar-refractivity contribution is 0.0988. The first-order valence-electron chi connectivity index (χ1n) is 5.08. The van der Waals surface area contributed by atoms with Gasteiger partial charge in [-0.1, -0.05) is 30.3 Å². The predicted octanol–water partition coefficient (Wildman–Crippen LogP) is 0.0998. The second kappa shape index (κ2) is 4.62. The van der Waals surface area contributed by atoms with Gasteiger partial charge in [-0.2, -0.15) is 0 Å². The van der Waals surface area contributed by atoms with Crippen LogP contribution in [0.2, 0.25) is 0 Å². The Balaban J connectivity index is 2.42. The monoisotopic (exact) mass is 243 g/mol. The van der Waals surface area contributed by atoms with Gasteiger partial charge in [-0.15, -0.1) is 0 Å². The quantitative estimate of drug-likeness (QED) is 0.745. The molecular formula is C12H9N3O3. The van der Waals surface area contributed by atoms with Gasteiger partial charge in [0.2, 0.25) is 5.78 Å². The van der Waals surface area contributed by atoms with Gasteiger partial charge in [0, 0.05) is 5.56 Å². The number of hydrogen-bond acceptors (Lipinski definition) is 4. The van der Waals surface area contributed by atoms with Crippen LogP contribution in [0.15, 0.2) is 41.3 Å². The molecule has 0 radical (unpaired) electrons. The minimum absolute atomic E-state index is 0.0104. The minimum Gasteiger partial charge on any atom is -0.364 e. The van der Waals surface area contributed by atoms with Crippen molar-refractivity contribution in [2.45, 2.75) is 0 Å². The smallest absolute Gasteiger partial charge is 0.280 e. The van der Waals surface area contributed by atoms with Crippen LogP contribution in [0.3, 0.4) is 0 Å². The van der Waals surface area contributed by atoms with E-state index in [-0.39, 0.29) is 11.5 Å². The van der Waals surface area contributed by atoms with E-state index in [9.17, 15) is 14.4 Å². The molecule has 6 nitrogen and oxygen atoms in total. The van der Waals surface area contributed by atoms with Crippen molar-refractivity contribution < 1.29 is 9.59 Å². The minimum atomic E-state index is -0.935. The number of rotatable bonds is 3. The summed E-state index contributed by atoms with van der Waals surface area (Å²) in [4.78, 5) is 40.1. The maximum absolute atomic E-state index is 12.0. The summed E-state index contributed by atoms with van der Waals surface area (Å²) in [6.07, 6.45) is 1.12. The molecule has 2 aromatic rings. The molecule has 0 fully saturated rings. The standard InChI is InChI=1S/C12H9N3O3/c13-11(17)9-12(18)15-8(6-14-9)10(16)7-4-2-1-3-5-7/h1-6H,(H2,13,17)(H,15,18). The number of aromatic amines is 1. The number of primary amides is 1. The first-order chi connectivity index (χ1) is 8.59. The van der Waals surface area contributed by atoms with Crippen LogP contribution in [-0.4, -0.2) is 21.7 Å². The molecule has 0 aliphatic carbocycles. The molecule has 6 heteroatoms. The van der Waals surface area contributed by atoms with E-state index in [0.717, 1.165) is 6.20 Å². The van der Waals surface area contributed by atoms with E-state index in [1.54, 1.807) is 30.3 Å². The third kappa shape index (κ3) is 2.17. The van der Waals surface area contributed by atoms with Gasteiger partial charge in [0.25, 0.3) is 11.5 Å². The molecule has 0 bridgehead atoms. The Morgan fingerprint density at radius 2 is 1.83 bits per heavy atom. The number of benzene rings is 1. The third-order valence-electron chi connectivity index (χ3n) is 2.30. The fourth-order valence-electron chi connectivity index (χ4n) is 1.44. The van der Waals surface area contributed by atoms with E-state index in [0.29, 0.717) is 5.56 Å². The molecule has 2 rings (SSSR count). The van der Waals surface area contributed by atoms with Crippen LogP contribution < -0.4 is 11.3 Å². The number of aromatic nitrogens is 2. The molecule has 0 atom stereocenters. The van der Waals surface area contributed by atoms with Crippen LogP contribution in [0.25, 0.3) is 0 Å². The molecule has 3 N–H and O–H groups in total. The fourth-order valence-corrected chi connectivity index (χ4v) is 1.44. The molecule has 1 heterocycles. The highest BCUT2D eigenvalue weighted by molar-refractivity contribution is 6.07. The summed E-state index contributed by atoms with van der Waals surface area (Å²) >= 11 is 0. The molecule has 0 saturated heterocycles. The average Bonchev–Trinajstić information content (AvgIpc) is 2.38. The molecule has 90 valence electrons. The number of amides is 1. The Morgan fingerprint density at radius 1 is 1.17 bits per heavy atom. The van der Waals surface area contributed by atoms with Crippen LogP contribution in [0.4, 0.5) is 0 Å². The van der Waals surface area contributed by atoms with E-state index in [1.165, 1.54) is 0 Å². The molecule has 0 unspecified atom stereocenters. The molecule has 1 aromatic heterocycles. The summed E-state index contributed by atoms with van der Waals surface area (Å²) in [5, 5.41) is 0. The molecular weight excluding hydrogens is 234 g/mol. The van der Waals surface area contributed by atoms with Crippen molar-refractivity contribution in [3.8, 4) is 0 Å². The second-order valence-electron chi connectivity index (χ2n) is 3.53. The molecule has 1 aromatic carbocycles. The largest absolute Gasteiger partial charge is 0.364 e. The Kier molecular flexibility index (Phi) is 3.01. The third-order valence-corrected chi connectivity index (χ3v) is 2.30. The molecule has 0 aliphatic rings. The Bertz CT molecular complexity index is 662. The van der Waals surface area contributed by atoms with Crippen LogP contribution in [-0.2, 0) is 0 Å². The first-order valence-corrected chi connectivity index (χ1v) is 5.08. The zero-order chi connectivity index (χ0) is 13.1. The van der Waals surface area contributed by atoms with Crippen molar-refractivity contribution in [1.29, 1.82) is 0 Å².